The van der Waals surface area contributed by atoms with Crippen molar-refractivity contribution in [2.45, 2.75) is 20.3 Å². The number of hydrogen-bond acceptors (Lipinski definition) is 3. The largest absolute Gasteiger partial charge is 0.508 e. The number of hydrogen-bond donors (Lipinski definition) is 3. The maximum Gasteiger partial charge on any atom is 0.251 e. The highest BCUT2D eigenvalue weighted by Crippen LogP contribution is 2.19. The summed E-state index contributed by atoms with van der Waals surface area (Å²) < 4.78 is 0. The molecular weight excluding hydrogens is 240 g/mol. The normalized spacial score (nSPS) is 23.1. The number of carbonyl (C=O) groups is 1. The number of phenolic OH excluding ortho intramolecular Hbond substituents is 1. The number of carbonyl (C=O) groups excluding carboxylic acids is 1. The Labute approximate surface area is 114 Å². The predicted molar refractivity (Wildman–Crippen MR) is 75.3 cm³/mol. The minimum Gasteiger partial charge on any atom is -0.508 e. The molecule has 1 amide bonds. The van der Waals surface area contributed by atoms with Crippen molar-refractivity contribution in [1.82, 2.24) is 10.6 Å². The zero-order valence-corrected chi connectivity index (χ0v) is 11.6. The number of piperidine rings is 1. The SMILES string of the molecule is Cc1cc(O)ccc1C(=O)NCC1CCNCC1C. The number of aromatic hydroxyl groups is 1. The zero-order valence-electron chi connectivity index (χ0n) is 11.6. The molecule has 1 aromatic carbocycles. The van der Waals surface area contributed by atoms with E-state index < -0.39 is 0 Å². The molecule has 0 bridgehead atoms. The average molecular weight is 262 g/mol. The van der Waals surface area contributed by atoms with Crippen molar-refractivity contribution in [2.24, 2.45) is 11.8 Å². The van der Waals surface area contributed by atoms with Crippen molar-refractivity contribution in [1.29, 1.82) is 0 Å². The number of aryl methyl sites for hydroxylation is 1. The number of rotatable bonds is 3. The molecule has 104 valence electrons. The predicted octanol–water partition coefficient (Wildman–Crippen LogP) is 1.68. The second kappa shape index (κ2) is 6.06. The lowest BCUT2D eigenvalue weighted by Crippen LogP contribution is -2.41. The molecule has 4 heteroatoms. The quantitative estimate of drug-likeness (QED) is 0.776. The van der Waals surface area contributed by atoms with E-state index in [1.165, 1.54) is 0 Å². The monoisotopic (exact) mass is 262 g/mol. The highest BCUT2D eigenvalue weighted by atomic mass is 16.3. The van der Waals surface area contributed by atoms with E-state index in [-0.39, 0.29) is 11.7 Å². The molecule has 1 aromatic rings. The van der Waals surface area contributed by atoms with Crippen LogP contribution in [0.25, 0.3) is 0 Å². The fourth-order valence-electron chi connectivity index (χ4n) is 2.59. The van der Waals surface area contributed by atoms with Gasteiger partial charge in [0.05, 0.1) is 0 Å². The van der Waals surface area contributed by atoms with Gasteiger partial charge in [0.15, 0.2) is 0 Å². The molecule has 4 nitrogen and oxygen atoms in total. The van der Waals surface area contributed by atoms with Gasteiger partial charge in [0, 0.05) is 12.1 Å². The maximum atomic E-state index is 12.1. The molecule has 1 heterocycles. The molecular formula is C15H22N2O2. The molecule has 1 aliphatic rings. The van der Waals surface area contributed by atoms with E-state index >= 15 is 0 Å². The van der Waals surface area contributed by atoms with Crippen LogP contribution in [0.3, 0.4) is 0 Å². The molecule has 1 saturated heterocycles. The first kappa shape index (κ1) is 13.9. The Bertz CT molecular complexity index is 459. The second-order valence-corrected chi connectivity index (χ2v) is 5.44. The summed E-state index contributed by atoms with van der Waals surface area (Å²) in [5.74, 6) is 1.28. The van der Waals surface area contributed by atoms with E-state index in [0.717, 1.165) is 31.6 Å². The zero-order chi connectivity index (χ0) is 13.8. The topological polar surface area (TPSA) is 61.4 Å². The van der Waals surface area contributed by atoms with Crippen LogP contribution in [0.2, 0.25) is 0 Å². The Balaban J connectivity index is 1.93. The lowest BCUT2D eigenvalue weighted by molar-refractivity contribution is 0.0937. The van der Waals surface area contributed by atoms with Crippen LogP contribution in [0.5, 0.6) is 5.75 Å². The summed E-state index contributed by atoms with van der Waals surface area (Å²) in [5.41, 5.74) is 1.44. The van der Waals surface area contributed by atoms with Gasteiger partial charge in [-0.3, -0.25) is 4.79 Å². The molecule has 2 atom stereocenters. The maximum absolute atomic E-state index is 12.1. The van der Waals surface area contributed by atoms with Gasteiger partial charge in [-0.05, 0) is 62.0 Å². The van der Waals surface area contributed by atoms with E-state index in [9.17, 15) is 9.90 Å². The van der Waals surface area contributed by atoms with E-state index in [1.807, 2.05) is 6.92 Å². The summed E-state index contributed by atoms with van der Waals surface area (Å²) in [6, 6.07) is 4.84. The minimum absolute atomic E-state index is 0.0526. The Hall–Kier alpha value is -1.55. The van der Waals surface area contributed by atoms with Crippen LogP contribution < -0.4 is 10.6 Å². The third-order valence-electron chi connectivity index (χ3n) is 3.94. The summed E-state index contributed by atoms with van der Waals surface area (Å²) in [6.45, 7) is 6.83. The fraction of sp³-hybridized carbons (Fsp3) is 0.533. The Morgan fingerprint density at radius 1 is 1.53 bits per heavy atom. The molecule has 19 heavy (non-hydrogen) atoms. The molecule has 2 rings (SSSR count). The second-order valence-electron chi connectivity index (χ2n) is 5.44. The van der Waals surface area contributed by atoms with Crippen molar-refractivity contribution in [3.8, 4) is 5.75 Å². The van der Waals surface area contributed by atoms with Crippen LogP contribution in [-0.2, 0) is 0 Å². The first-order valence-electron chi connectivity index (χ1n) is 6.86. The van der Waals surface area contributed by atoms with Gasteiger partial charge in [-0.2, -0.15) is 0 Å². The molecule has 2 unspecified atom stereocenters. The van der Waals surface area contributed by atoms with Crippen molar-refractivity contribution < 1.29 is 9.90 Å². The number of phenols is 1. The van der Waals surface area contributed by atoms with Crippen LogP contribution >= 0.6 is 0 Å². The Morgan fingerprint density at radius 3 is 3.00 bits per heavy atom. The number of amides is 1. The molecule has 0 spiro atoms. The highest BCUT2D eigenvalue weighted by molar-refractivity contribution is 5.95. The third-order valence-corrected chi connectivity index (χ3v) is 3.94. The fourth-order valence-corrected chi connectivity index (χ4v) is 2.59. The highest BCUT2D eigenvalue weighted by Gasteiger charge is 2.21. The summed E-state index contributed by atoms with van der Waals surface area (Å²) in [5, 5.41) is 15.7. The first-order chi connectivity index (χ1) is 9.08. The summed E-state index contributed by atoms with van der Waals surface area (Å²) in [7, 11) is 0. The average Bonchev–Trinajstić information content (AvgIpc) is 2.37. The lowest BCUT2D eigenvalue weighted by atomic mass is 9.88. The Morgan fingerprint density at radius 2 is 2.32 bits per heavy atom. The van der Waals surface area contributed by atoms with Crippen LogP contribution in [-0.4, -0.2) is 30.6 Å². The van der Waals surface area contributed by atoms with Crippen LogP contribution in [0.4, 0.5) is 0 Å². The summed E-state index contributed by atoms with van der Waals surface area (Å²) in [4.78, 5) is 12.1. The molecule has 1 fully saturated rings. The van der Waals surface area contributed by atoms with Gasteiger partial charge in [-0.15, -0.1) is 0 Å². The standard InChI is InChI=1S/C15H22N2O2/c1-10-7-13(18)3-4-14(10)15(19)17-9-12-5-6-16-8-11(12)2/h3-4,7,11-12,16,18H,5-6,8-9H2,1-2H3,(H,17,19). The van der Waals surface area contributed by atoms with Gasteiger partial charge < -0.3 is 15.7 Å². The van der Waals surface area contributed by atoms with Gasteiger partial charge in [-0.1, -0.05) is 6.92 Å². The molecule has 0 radical (unpaired) electrons. The van der Waals surface area contributed by atoms with Crippen molar-refractivity contribution in [3.05, 3.63) is 29.3 Å². The minimum atomic E-state index is -0.0526. The molecule has 3 N–H and O–H groups in total. The van der Waals surface area contributed by atoms with Gasteiger partial charge in [-0.25, -0.2) is 0 Å². The van der Waals surface area contributed by atoms with E-state index in [1.54, 1.807) is 18.2 Å². The summed E-state index contributed by atoms with van der Waals surface area (Å²) >= 11 is 0. The van der Waals surface area contributed by atoms with Gasteiger partial charge >= 0.3 is 0 Å². The van der Waals surface area contributed by atoms with Crippen LogP contribution in [0.1, 0.15) is 29.3 Å². The van der Waals surface area contributed by atoms with Gasteiger partial charge in [0.1, 0.15) is 5.75 Å². The molecule has 0 saturated carbocycles. The number of benzene rings is 1. The van der Waals surface area contributed by atoms with Crippen LogP contribution in [0.15, 0.2) is 18.2 Å². The van der Waals surface area contributed by atoms with Crippen molar-refractivity contribution in [2.75, 3.05) is 19.6 Å². The number of nitrogens with one attached hydrogen (secondary N) is 2. The van der Waals surface area contributed by atoms with Gasteiger partial charge in [0.25, 0.3) is 5.91 Å². The van der Waals surface area contributed by atoms with Crippen LogP contribution in [0, 0.1) is 18.8 Å². The Kier molecular flexibility index (Phi) is 4.43. The van der Waals surface area contributed by atoms with Crippen molar-refractivity contribution in [3.63, 3.8) is 0 Å². The van der Waals surface area contributed by atoms with Crippen molar-refractivity contribution >= 4 is 5.91 Å². The molecule has 1 aliphatic heterocycles. The smallest absolute Gasteiger partial charge is 0.251 e. The van der Waals surface area contributed by atoms with Gasteiger partial charge in [0.2, 0.25) is 0 Å². The molecule has 0 aromatic heterocycles. The first-order valence-corrected chi connectivity index (χ1v) is 6.86. The van der Waals surface area contributed by atoms with E-state index in [2.05, 4.69) is 17.6 Å². The van der Waals surface area contributed by atoms with E-state index in [4.69, 9.17) is 0 Å². The van der Waals surface area contributed by atoms with E-state index in [0.29, 0.717) is 17.4 Å². The summed E-state index contributed by atoms with van der Waals surface area (Å²) in [6.07, 6.45) is 1.11. The third kappa shape index (κ3) is 3.47. The lowest BCUT2D eigenvalue weighted by Gasteiger charge is -2.29. The molecule has 0 aliphatic carbocycles.